The fourth-order valence-corrected chi connectivity index (χ4v) is 4.79. The van der Waals surface area contributed by atoms with Crippen LogP contribution in [0.15, 0.2) is 46.8 Å². The van der Waals surface area contributed by atoms with E-state index in [1.165, 1.54) is 6.07 Å². The number of aliphatic hydroxyl groups is 1. The average Bonchev–Trinajstić information content (AvgIpc) is 3.06. The molecule has 0 fully saturated rings. The largest absolute Gasteiger partial charge is 0.386 e. The zero-order valence-electron chi connectivity index (χ0n) is 13.6. The molecule has 0 aliphatic carbocycles. The fraction of sp³-hybridized carbons (Fsp3) is 0.188. The Morgan fingerprint density at radius 2 is 2.12 bits per heavy atom. The first kappa shape index (κ1) is 18.7. The van der Waals surface area contributed by atoms with Crippen LogP contribution in [-0.4, -0.2) is 28.7 Å². The van der Waals surface area contributed by atoms with E-state index < -0.39 is 16.1 Å². The highest BCUT2D eigenvalue weighted by Crippen LogP contribution is 2.27. The number of nitrogens with zero attached hydrogens (tertiary/aromatic N) is 3. The molecular formula is C16H15ClN4O3S2. The van der Waals surface area contributed by atoms with Crippen molar-refractivity contribution in [1.29, 1.82) is 0 Å². The Kier molecular flexibility index (Phi) is 5.52. The van der Waals surface area contributed by atoms with Crippen molar-refractivity contribution in [3.05, 3.63) is 63.9 Å². The Balaban J connectivity index is 1.76. The quantitative estimate of drug-likeness (QED) is 0.647. The van der Waals surface area contributed by atoms with Gasteiger partial charge in [0.1, 0.15) is 6.10 Å². The van der Waals surface area contributed by atoms with Gasteiger partial charge in [-0.15, -0.1) is 11.3 Å². The molecule has 7 nitrogen and oxygen atoms in total. The van der Waals surface area contributed by atoms with Gasteiger partial charge in [-0.2, -0.15) is 10.2 Å². The predicted octanol–water partition coefficient (Wildman–Crippen LogP) is 2.97. The third-order valence-corrected chi connectivity index (χ3v) is 6.42. The number of rotatable bonds is 6. The van der Waals surface area contributed by atoms with E-state index >= 15 is 0 Å². The zero-order valence-corrected chi connectivity index (χ0v) is 16.0. The average molecular weight is 411 g/mol. The minimum absolute atomic E-state index is 0.0851. The lowest BCUT2D eigenvalue weighted by Gasteiger charge is -2.09. The van der Waals surface area contributed by atoms with E-state index in [1.54, 1.807) is 42.8 Å². The molecule has 0 radical (unpaired) electrons. The highest BCUT2D eigenvalue weighted by molar-refractivity contribution is 7.93. The van der Waals surface area contributed by atoms with Crippen LogP contribution in [0.25, 0.3) is 0 Å². The molecule has 3 rings (SSSR count). The van der Waals surface area contributed by atoms with Gasteiger partial charge in [-0.3, -0.25) is 4.72 Å². The molecule has 26 heavy (non-hydrogen) atoms. The number of thiazole rings is 1. The molecule has 2 aromatic heterocycles. The second kappa shape index (κ2) is 7.67. The maximum absolute atomic E-state index is 12.6. The molecule has 0 amide bonds. The molecule has 1 aromatic carbocycles. The van der Waals surface area contributed by atoms with Crippen molar-refractivity contribution in [1.82, 2.24) is 15.2 Å². The van der Waals surface area contributed by atoms with Gasteiger partial charge in [0.2, 0.25) is 0 Å². The van der Waals surface area contributed by atoms with Gasteiger partial charge < -0.3 is 5.11 Å². The van der Waals surface area contributed by atoms with Crippen molar-refractivity contribution < 1.29 is 13.5 Å². The maximum Gasteiger partial charge on any atom is 0.263 e. The third kappa shape index (κ3) is 4.18. The molecule has 2 N–H and O–H groups in total. The molecule has 0 spiro atoms. The minimum Gasteiger partial charge on any atom is -0.386 e. The number of aliphatic hydroxyl groups excluding tert-OH is 1. The first-order valence-electron chi connectivity index (χ1n) is 7.55. The molecule has 0 aliphatic rings. The highest BCUT2D eigenvalue weighted by Gasteiger charge is 2.21. The lowest BCUT2D eigenvalue weighted by Crippen LogP contribution is -2.14. The van der Waals surface area contributed by atoms with Crippen LogP contribution >= 0.6 is 22.9 Å². The van der Waals surface area contributed by atoms with Crippen molar-refractivity contribution in [2.75, 3.05) is 4.72 Å². The summed E-state index contributed by atoms with van der Waals surface area (Å²) in [5, 5.41) is 20.1. The van der Waals surface area contributed by atoms with Crippen molar-refractivity contribution in [2.24, 2.45) is 0 Å². The summed E-state index contributed by atoms with van der Waals surface area (Å²) in [6.07, 6.45) is 0.870. The van der Waals surface area contributed by atoms with Crippen LogP contribution in [0.2, 0.25) is 5.02 Å². The van der Waals surface area contributed by atoms with E-state index in [0.29, 0.717) is 22.0 Å². The van der Waals surface area contributed by atoms with Gasteiger partial charge in [0, 0.05) is 23.0 Å². The molecule has 0 saturated heterocycles. The van der Waals surface area contributed by atoms with E-state index in [4.69, 9.17) is 11.6 Å². The van der Waals surface area contributed by atoms with Crippen molar-refractivity contribution in [2.45, 2.75) is 24.3 Å². The van der Waals surface area contributed by atoms with Gasteiger partial charge in [0.15, 0.2) is 5.13 Å². The Labute approximate surface area is 159 Å². The fourth-order valence-electron chi connectivity index (χ4n) is 2.28. The topological polar surface area (TPSA) is 105 Å². The number of nitrogens with one attached hydrogen (secondary N) is 1. The van der Waals surface area contributed by atoms with Gasteiger partial charge in [0.25, 0.3) is 10.0 Å². The maximum atomic E-state index is 12.6. The smallest absolute Gasteiger partial charge is 0.263 e. The third-order valence-electron chi connectivity index (χ3n) is 3.62. The Morgan fingerprint density at radius 3 is 2.85 bits per heavy atom. The molecule has 1 atom stereocenters. The van der Waals surface area contributed by atoms with E-state index in [-0.39, 0.29) is 16.4 Å². The monoisotopic (exact) mass is 410 g/mol. The van der Waals surface area contributed by atoms with Crippen LogP contribution in [0.3, 0.4) is 0 Å². The predicted molar refractivity (Wildman–Crippen MR) is 99.8 cm³/mol. The summed E-state index contributed by atoms with van der Waals surface area (Å²) in [6, 6.07) is 8.14. The van der Waals surface area contributed by atoms with Crippen molar-refractivity contribution in [3.63, 3.8) is 0 Å². The summed E-state index contributed by atoms with van der Waals surface area (Å²) in [4.78, 5) is 4.25. The van der Waals surface area contributed by atoms with E-state index in [2.05, 4.69) is 19.9 Å². The summed E-state index contributed by atoms with van der Waals surface area (Å²) in [6.45, 7) is 1.63. The van der Waals surface area contributed by atoms with Gasteiger partial charge in [0.05, 0.1) is 16.3 Å². The first-order chi connectivity index (χ1) is 12.4. The summed E-state index contributed by atoms with van der Waals surface area (Å²) in [5.41, 5.74) is 1.44. The lowest BCUT2D eigenvalue weighted by molar-refractivity contribution is 0.173. The molecular weight excluding hydrogens is 396 g/mol. The number of hydrogen-bond donors (Lipinski definition) is 2. The number of benzene rings is 1. The molecule has 136 valence electrons. The number of sulfonamides is 1. The van der Waals surface area contributed by atoms with Gasteiger partial charge >= 0.3 is 0 Å². The number of anilines is 1. The molecule has 2 heterocycles. The van der Waals surface area contributed by atoms with Gasteiger partial charge in [-0.25, -0.2) is 13.4 Å². The lowest BCUT2D eigenvalue weighted by atomic mass is 10.1. The van der Waals surface area contributed by atoms with Crippen LogP contribution in [0.4, 0.5) is 5.13 Å². The molecule has 0 saturated carbocycles. The molecule has 0 bridgehead atoms. The second-order valence-corrected chi connectivity index (χ2v) is 8.40. The second-order valence-electron chi connectivity index (χ2n) is 5.48. The van der Waals surface area contributed by atoms with Crippen LogP contribution in [0.1, 0.15) is 23.1 Å². The van der Waals surface area contributed by atoms with E-state index in [1.807, 2.05) is 0 Å². The Morgan fingerprint density at radius 1 is 1.31 bits per heavy atom. The highest BCUT2D eigenvalue weighted by atomic mass is 35.5. The van der Waals surface area contributed by atoms with Gasteiger partial charge in [-0.05, 0) is 36.8 Å². The van der Waals surface area contributed by atoms with Crippen LogP contribution in [-0.2, 0) is 16.4 Å². The summed E-state index contributed by atoms with van der Waals surface area (Å²) in [7, 11) is -3.83. The first-order valence-corrected chi connectivity index (χ1v) is 10.3. The van der Waals surface area contributed by atoms with Crippen LogP contribution < -0.4 is 4.72 Å². The molecule has 0 aliphatic heterocycles. The normalized spacial score (nSPS) is 12.7. The summed E-state index contributed by atoms with van der Waals surface area (Å²) in [5.74, 6) is 0. The summed E-state index contributed by atoms with van der Waals surface area (Å²) < 4.78 is 27.5. The SMILES string of the molecule is Cc1c(Cl)cccc1S(=O)(=O)Nc1nc(C(O)Cc2cccnn2)cs1. The van der Waals surface area contributed by atoms with Crippen LogP contribution in [0.5, 0.6) is 0 Å². The molecule has 3 aromatic rings. The minimum atomic E-state index is -3.83. The van der Waals surface area contributed by atoms with Gasteiger partial charge in [-0.1, -0.05) is 17.7 Å². The Hall–Kier alpha value is -2.07. The molecule has 10 heteroatoms. The Bertz CT molecular complexity index is 1010. The van der Waals surface area contributed by atoms with Crippen molar-refractivity contribution >= 4 is 38.1 Å². The zero-order chi connectivity index (χ0) is 18.7. The standard InChI is InChI=1S/C16H15ClN4O3S2/c1-10-12(17)5-2-6-15(10)26(23,24)21-16-19-13(9-25-16)14(22)8-11-4-3-7-18-20-11/h2-7,9,14,22H,8H2,1H3,(H,19,21). The summed E-state index contributed by atoms with van der Waals surface area (Å²) >= 11 is 7.09. The van der Waals surface area contributed by atoms with E-state index in [0.717, 1.165) is 11.3 Å². The molecule has 1 unspecified atom stereocenters. The number of aromatic nitrogens is 3. The van der Waals surface area contributed by atoms with E-state index in [9.17, 15) is 13.5 Å². The van der Waals surface area contributed by atoms with Crippen molar-refractivity contribution in [3.8, 4) is 0 Å². The number of halogens is 1. The van der Waals surface area contributed by atoms with Crippen LogP contribution in [0, 0.1) is 6.92 Å². The number of hydrogen-bond acceptors (Lipinski definition) is 7.